The van der Waals surface area contributed by atoms with Gasteiger partial charge in [-0.15, -0.1) is 0 Å². The molecule has 1 saturated heterocycles. The second-order valence-electron chi connectivity index (χ2n) is 4.60. The van der Waals surface area contributed by atoms with Gasteiger partial charge in [0.25, 0.3) is 0 Å². The van der Waals surface area contributed by atoms with Crippen LogP contribution in [0.15, 0.2) is 24.5 Å². The number of nitrogens with zero attached hydrogens (tertiary/aromatic N) is 3. The van der Waals surface area contributed by atoms with Crippen molar-refractivity contribution >= 4 is 22.6 Å². The zero-order chi connectivity index (χ0) is 15.2. The molecule has 0 spiro atoms. The Morgan fingerprint density at radius 3 is 2.90 bits per heavy atom. The summed E-state index contributed by atoms with van der Waals surface area (Å²) in [5.41, 5.74) is 7.66. The van der Waals surface area contributed by atoms with Crippen LogP contribution in [0, 0.1) is 0 Å². The van der Waals surface area contributed by atoms with Gasteiger partial charge in [-0.2, -0.15) is 0 Å². The lowest BCUT2D eigenvalue weighted by molar-refractivity contribution is -0.132. The van der Waals surface area contributed by atoms with Crippen molar-refractivity contribution in [1.82, 2.24) is 20.2 Å². The molecule has 2 heterocycles. The zero-order valence-corrected chi connectivity index (χ0v) is 12.5. The van der Waals surface area contributed by atoms with E-state index in [1.165, 1.54) is 6.33 Å². The monoisotopic (exact) mass is 287 g/mol. The molecule has 1 aromatic heterocycles. The summed E-state index contributed by atoms with van der Waals surface area (Å²) in [6, 6.07) is 5.84. The SMILES string of the molecule is CC.Nc1ncnc2cc(CN3CCNCC3=O)ccc12. The van der Waals surface area contributed by atoms with Crippen LogP contribution >= 0.6 is 0 Å². The molecule has 1 amide bonds. The van der Waals surface area contributed by atoms with Gasteiger partial charge in [0.15, 0.2) is 0 Å². The number of aromatic nitrogens is 2. The molecule has 3 N–H and O–H groups in total. The predicted octanol–water partition coefficient (Wildman–Crippen LogP) is 1.17. The number of piperazine rings is 1. The second kappa shape index (κ2) is 6.99. The standard InChI is InChI=1S/C13H15N5O.C2H6/c14-13-10-2-1-9(5-11(10)16-8-17-13)7-18-4-3-15-6-12(18)19;1-2/h1-2,5,8,15H,3-4,6-7H2,(H2,14,16,17);1-2H3. The van der Waals surface area contributed by atoms with E-state index in [4.69, 9.17) is 5.73 Å². The number of nitrogen functional groups attached to an aromatic ring is 1. The minimum Gasteiger partial charge on any atom is -0.383 e. The number of carbonyl (C=O) groups excluding carboxylic acids is 1. The predicted molar refractivity (Wildman–Crippen MR) is 83.6 cm³/mol. The summed E-state index contributed by atoms with van der Waals surface area (Å²) in [4.78, 5) is 21.8. The van der Waals surface area contributed by atoms with E-state index in [2.05, 4.69) is 15.3 Å². The summed E-state index contributed by atoms with van der Waals surface area (Å²) in [5, 5.41) is 3.90. The van der Waals surface area contributed by atoms with Crippen LogP contribution < -0.4 is 11.1 Å². The van der Waals surface area contributed by atoms with Crippen molar-refractivity contribution in [2.45, 2.75) is 20.4 Å². The average molecular weight is 287 g/mol. The van der Waals surface area contributed by atoms with Crippen molar-refractivity contribution < 1.29 is 4.79 Å². The van der Waals surface area contributed by atoms with Crippen LogP contribution in [-0.2, 0) is 11.3 Å². The number of benzene rings is 1. The first-order chi connectivity index (χ1) is 10.2. The molecule has 0 saturated carbocycles. The fraction of sp³-hybridized carbons (Fsp3) is 0.400. The molecule has 6 heteroatoms. The molecular formula is C15H21N5O. The van der Waals surface area contributed by atoms with Gasteiger partial charge < -0.3 is 16.0 Å². The first-order valence-electron chi connectivity index (χ1n) is 7.21. The lowest BCUT2D eigenvalue weighted by Gasteiger charge is -2.27. The molecule has 1 fully saturated rings. The maximum Gasteiger partial charge on any atom is 0.236 e. The highest BCUT2D eigenvalue weighted by molar-refractivity contribution is 5.88. The number of nitrogens with one attached hydrogen (secondary N) is 1. The van der Waals surface area contributed by atoms with E-state index >= 15 is 0 Å². The van der Waals surface area contributed by atoms with E-state index in [0.717, 1.165) is 29.6 Å². The van der Waals surface area contributed by atoms with E-state index in [9.17, 15) is 4.79 Å². The highest BCUT2D eigenvalue weighted by atomic mass is 16.2. The topological polar surface area (TPSA) is 84.1 Å². The van der Waals surface area contributed by atoms with Crippen molar-refractivity contribution in [3.63, 3.8) is 0 Å². The zero-order valence-electron chi connectivity index (χ0n) is 12.5. The number of anilines is 1. The second-order valence-corrected chi connectivity index (χ2v) is 4.60. The summed E-state index contributed by atoms with van der Waals surface area (Å²) < 4.78 is 0. The van der Waals surface area contributed by atoms with Crippen LogP contribution in [-0.4, -0.2) is 40.4 Å². The Bertz CT molecular complexity index is 628. The Morgan fingerprint density at radius 2 is 2.14 bits per heavy atom. The smallest absolute Gasteiger partial charge is 0.236 e. The molecule has 3 rings (SSSR count). The van der Waals surface area contributed by atoms with Gasteiger partial charge in [0.05, 0.1) is 12.1 Å². The van der Waals surface area contributed by atoms with Gasteiger partial charge in [-0.3, -0.25) is 4.79 Å². The highest BCUT2D eigenvalue weighted by Crippen LogP contribution is 2.18. The van der Waals surface area contributed by atoms with Gasteiger partial charge in [-0.05, 0) is 17.7 Å². The Morgan fingerprint density at radius 1 is 1.33 bits per heavy atom. The molecule has 0 aliphatic carbocycles. The number of rotatable bonds is 2. The molecule has 6 nitrogen and oxygen atoms in total. The number of amides is 1. The maximum absolute atomic E-state index is 11.7. The third-order valence-corrected chi connectivity index (χ3v) is 3.29. The van der Waals surface area contributed by atoms with Crippen LogP contribution in [0.5, 0.6) is 0 Å². The molecule has 1 aromatic carbocycles. The molecule has 0 unspecified atom stereocenters. The molecule has 0 radical (unpaired) electrons. The summed E-state index contributed by atoms with van der Waals surface area (Å²) in [6.07, 6.45) is 1.46. The van der Waals surface area contributed by atoms with Gasteiger partial charge in [-0.25, -0.2) is 9.97 Å². The molecule has 1 aliphatic heterocycles. The number of hydrogen-bond acceptors (Lipinski definition) is 5. The van der Waals surface area contributed by atoms with Gasteiger partial charge in [-0.1, -0.05) is 19.9 Å². The van der Waals surface area contributed by atoms with Crippen molar-refractivity contribution in [2.75, 3.05) is 25.4 Å². The Labute approximate surface area is 124 Å². The van der Waals surface area contributed by atoms with Crippen molar-refractivity contribution in [3.05, 3.63) is 30.1 Å². The van der Waals surface area contributed by atoms with Crippen LogP contribution in [0.4, 0.5) is 5.82 Å². The van der Waals surface area contributed by atoms with Crippen LogP contribution in [0.3, 0.4) is 0 Å². The first-order valence-corrected chi connectivity index (χ1v) is 7.21. The lowest BCUT2D eigenvalue weighted by atomic mass is 10.1. The van der Waals surface area contributed by atoms with E-state index in [1.54, 1.807) is 0 Å². The van der Waals surface area contributed by atoms with E-state index in [1.807, 2.05) is 36.9 Å². The molecular weight excluding hydrogens is 266 g/mol. The molecule has 0 atom stereocenters. The quantitative estimate of drug-likeness (QED) is 0.866. The van der Waals surface area contributed by atoms with Crippen LogP contribution in [0.25, 0.3) is 10.9 Å². The average Bonchev–Trinajstić information content (AvgIpc) is 2.52. The molecule has 21 heavy (non-hydrogen) atoms. The minimum absolute atomic E-state index is 0.133. The largest absolute Gasteiger partial charge is 0.383 e. The van der Waals surface area contributed by atoms with E-state index < -0.39 is 0 Å². The normalized spacial score (nSPS) is 14.8. The Kier molecular flexibility index (Phi) is 5.05. The molecule has 2 aromatic rings. The lowest BCUT2D eigenvalue weighted by Crippen LogP contribution is -2.47. The fourth-order valence-electron chi connectivity index (χ4n) is 2.26. The van der Waals surface area contributed by atoms with Crippen molar-refractivity contribution in [3.8, 4) is 0 Å². The molecule has 1 aliphatic rings. The molecule has 0 bridgehead atoms. The van der Waals surface area contributed by atoms with Gasteiger partial charge in [0, 0.05) is 25.0 Å². The van der Waals surface area contributed by atoms with Gasteiger partial charge >= 0.3 is 0 Å². The number of hydrogen-bond donors (Lipinski definition) is 2. The number of nitrogens with two attached hydrogens (primary N) is 1. The fourth-order valence-corrected chi connectivity index (χ4v) is 2.26. The van der Waals surface area contributed by atoms with E-state index in [-0.39, 0.29) is 5.91 Å². The highest BCUT2D eigenvalue weighted by Gasteiger charge is 2.17. The van der Waals surface area contributed by atoms with E-state index in [0.29, 0.717) is 18.9 Å². The van der Waals surface area contributed by atoms with Crippen LogP contribution in [0.1, 0.15) is 19.4 Å². The third-order valence-electron chi connectivity index (χ3n) is 3.29. The first kappa shape index (κ1) is 15.2. The summed E-state index contributed by atoms with van der Waals surface area (Å²) in [5.74, 6) is 0.614. The van der Waals surface area contributed by atoms with Crippen molar-refractivity contribution in [2.24, 2.45) is 0 Å². The maximum atomic E-state index is 11.7. The van der Waals surface area contributed by atoms with Gasteiger partial charge in [0.2, 0.25) is 5.91 Å². The third kappa shape index (κ3) is 3.46. The Hall–Kier alpha value is -2.21. The molecule has 112 valence electrons. The minimum atomic E-state index is 0.133. The Balaban J connectivity index is 0.000000774. The number of fused-ring (bicyclic) bond motifs is 1. The summed E-state index contributed by atoms with van der Waals surface area (Å²) in [6.45, 7) is 6.61. The van der Waals surface area contributed by atoms with Crippen molar-refractivity contribution in [1.29, 1.82) is 0 Å². The van der Waals surface area contributed by atoms with Gasteiger partial charge in [0.1, 0.15) is 12.1 Å². The number of carbonyl (C=O) groups is 1. The van der Waals surface area contributed by atoms with Crippen LogP contribution in [0.2, 0.25) is 0 Å². The summed E-state index contributed by atoms with van der Waals surface area (Å²) >= 11 is 0. The summed E-state index contributed by atoms with van der Waals surface area (Å²) in [7, 11) is 0.